The molecular formula is C10H5BrF3N. The van der Waals surface area contributed by atoms with Crippen molar-refractivity contribution in [2.45, 2.75) is 6.18 Å². The van der Waals surface area contributed by atoms with Gasteiger partial charge in [0.15, 0.2) is 0 Å². The second-order valence-electron chi connectivity index (χ2n) is 3.02. The summed E-state index contributed by atoms with van der Waals surface area (Å²) >= 11 is 3.14. The van der Waals surface area contributed by atoms with Gasteiger partial charge in [0.25, 0.3) is 0 Å². The van der Waals surface area contributed by atoms with Gasteiger partial charge in [-0.1, -0.05) is 15.9 Å². The Morgan fingerprint density at radius 2 is 1.87 bits per heavy atom. The van der Waals surface area contributed by atoms with E-state index in [9.17, 15) is 13.2 Å². The Labute approximate surface area is 92.1 Å². The summed E-state index contributed by atoms with van der Waals surface area (Å²) in [6.45, 7) is 0. The third-order valence-corrected chi connectivity index (χ3v) is 2.50. The summed E-state index contributed by atoms with van der Waals surface area (Å²) in [6, 6.07) is 5.62. The van der Waals surface area contributed by atoms with Crippen LogP contribution in [0.3, 0.4) is 0 Å². The number of hydrogen-bond donors (Lipinski definition) is 0. The van der Waals surface area contributed by atoms with E-state index in [2.05, 4.69) is 20.9 Å². The van der Waals surface area contributed by atoms with Crippen LogP contribution in [0.1, 0.15) is 5.56 Å². The minimum atomic E-state index is -4.35. The molecule has 1 nitrogen and oxygen atoms in total. The third-order valence-electron chi connectivity index (χ3n) is 2.01. The van der Waals surface area contributed by atoms with Crippen LogP contribution in [0.25, 0.3) is 10.9 Å². The Morgan fingerprint density at radius 1 is 1.13 bits per heavy atom. The highest BCUT2D eigenvalue weighted by Gasteiger charge is 2.32. The van der Waals surface area contributed by atoms with Crippen molar-refractivity contribution < 1.29 is 13.2 Å². The number of hydrogen-bond acceptors (Lipinski definition) is 1. The Kier molecular flexibility index (Phi) is 2.42. The van der Waals surface area contributed by atoms with Crippen molar-refractivity contribution in [3.05, 3.63) is 40.5 Å². The molecule has 0 radical (unpaired) electrons. The summed E-state index contributed by atoms with van der Waals surface area (Å²) in [5.41, 5.74) is -0.318. The number of benzene rings is 1. The molecule has 5 heteroatoms. The maximum absolute atomic E-state index is 12.6. The lowest BCUT2D eigenvalue weighted by Crippen LogP contribution is -2.05. The molecule has 1 heterocycles. The van der Waals surface area contributed by atoms with E-state index in [1.807, 2.05) is 0 Å². The Bertz CT molecular complexity index is 507. The third kappa shape index (κ3) is 1.97. The summed E-state index contributed by atoms with van der Waals surface area (Å²) in [7, 11) is 0. The molecule has 2 aromatic rings. The number of alkyl halides is 3. The molecule has 0 aliphatic rings. The van der Waals surface area contributed by atoms with Gasteiger partial charge in [-0.3, -0.25) is 4.98 Å². The zero-order valence-corrected chi connectivity index (χ0v) is 8.93. The van der Waals surface area contributed by atoms with Crippen LogP contribution in [0.5, 0.6) is 0 Å². The molecule has 0 atom stereocenters. The second kappa shape index (κ2) is 3.48. The lowest BCUT2D eigenvalue weighted by molar-refractivity contribution is -0.136. The minimum Gasteiger partial charge on any atom is -0.256 e. The van der Waals surface area contributed by atoms with E-state index in [4.69, 9.17) is 0 Å². The van der Waals surface area contributed by atoms with Crippen LogP contribution in [0.2, 0.25) is 0 Å². The van der Waals surface area contributed by atoms with Crippen molar-refractivity contribution in [2.75, 3.05) is 0 Å². The molecule has 0 aliphatic heterocycles. The second-order valence-corrected chi connectivity index (χ2v) is 3.93. The average Bonchev–Trinajstić information content (AvgIpc) is 2.15. The highest BCUT2D eigenvalue weighted by Crippen LogP contribution is 2.34. The molecule has 2 rings (SSSR count). The molecular weight excluding hydrogens is 271 g/mol. The van der Waals surface area contributed by atoms with Gasteiger partial charge in [0, 0.05) is 16.1 Å². The van der Waals surface area contributed by atoms with Gasteiger partial charge in [0.05, 0.1) is 11.1 Å². The predicted octanol–water partition coefficient (Wildman–Crippen LogP) is 4.02. The maximum Gasteiger partial charge on any atom is 0.417 e. The number of fused-ring (bicyclic) bond motifs is 1. The lowest BCUT2D eigenvalue weighted by Gasteiger charge is -2.09. The smallest absolute Gasteiger partial charge is 0.256 e. The molecule has 0 aliphatic carbocycles. The minimum absolute atomic E-state index is 0.111. The molecule has 0 N–H and O–H groups in total. The maximum atomic E-state index is 12.6. The van der Waals surface area contributed by atoms with Crippen molar-refractivity contribution in [1.29, 1.82) is 0 Å². The molecule has 0 unspecified atom stereocenters. The molecule has 15 heavy (non-hydrogen) atoms. The van der Waals surface area contributed by atoms with E-state index < -0.39 is 11.7 Å². The van der Waals surface area contributed by atoms with Crippen molar-refractivity contribution in [3.8, 4) is 0 Å². The van der Waals surface area contributed by atoms with Crippen LogP contribution in [-0.4, -0.2) is 4.98 Å². The Balaban J connectivity index is 2.80. The number of pyridine rings is 1. The molecule has 78 valence electrons. The zero-order valence-electron chi connectivity index (χ0n) is 7.35. The summed E-state index contributed by atoms with van der Waals surface area (Å²) in [5.74, 6) is 0. The van der Waals surface area contributed by atoms with E-state index in [-0.39, 0.29) is 5.39 Å². The topological polar surface area (TPSA) is 12.9 Å². The number of nitrogens with zero attached hydrogens (tertiary/aromatic N) is 1. The van der Waals surface area contributed by atoms with Gasteiger partial charge >= 0.3 is 6.18 Å². The van der Waals surface area contributed by atoms with Crippen LogP contribution < -0.4 is 0 Å². The van der Waals surface area contributed by atoms with Crippen LogP contribution in [-0.2, 0) is 6.18 Å². The van der Waals surface area contributed by atoms with Crippen molar-refractivity contribution in [3.63, 3.8) is 0 Å². The van der Waals surface area contributed by atoms with Crippen molar-refractivity contribution in [2.24, 2.45) is 0 Å². The molecule has 0 amide bonds. The molecule has 0 bridgehead atoms. The summed E-state index contributed by atoms with van der Waals surface area (Å²) in [4.78, 5) is 3.88. The highest BCUT2D eigenvalue weighted by molar-refractivity contribution is 9.10. The van der Waals surface area contributed by atoms with Crippen molar-refractivity contribution >= 4 is 26.8 Å². The van der Waals surface area contributed by atoms with E-state index in [0.29, 0.717) is 9.99 Å². The summed E-state index contributed by atoms with van der Waals surface area (Å²) in [5, 5.41) is 0.111. The monoisotopic (exact) mass is 275 g/mol. The number of rotatable bonds is 0. The van der Waals surface area contributed by atoms with Gasteiger partial charge in [-0.05, 0) is 24.3 Å². The Hall–Kier alpha value is -1.10. The van der Waals surface area contributed by atoms with Gasteiger partial charge in [0.2, 0.25) is 0 Å². The molecule has 1 aromatic carbocycles. The van der Waals surface area contributed by atoms with Gasteiger partial charge in [0.1, 0.15) is 0 Å². The fraction of sp³-hybridized carbons (Fsp3) is 0.100. The fourth-order valence-corrected chi connectivity index (χ4v) is 1.73. The normalized spacial score (nSPS) is 12.0. The first-order chi connectivity index (χ1) is 6.98. The van der Waals surface area contributed by atoms with Crippen LogP contribution in [0.15, 0.2) is 34.9 Å². The first kappa shape index (κ1) is 10.4. The van der Waals surface area contributed by atoms with Gasteiger partial charge in [-0.25, -0.2) is 0 Å². The average molecular weight is 276 g/mol. The molecule has 0 spiro atoms. The van der Waals surface area contributed by atoms with E-state index in [1.165, 1.54) is 12.3 Å². The summed E-state index contributed by atoms with van der Waals surface area (Å²) < 4.78 is 38.4. The zero-order chi connectivity index (χ0) is 11.1. The SMILES string of the molecule is FC(F)(F)c1ccnc2ccc(Br)cc12. The quantitative estimate of drug-likeness (QED) is 0.708. The van der Waals surface area contributed by atoms with Crippen LogP contribution in [0.4, 0.5) is 13.2 Å². The van der Waals surface area contributed by atoms with Gasteiger partial charge < -0.3 is 0 Å². The number of aromatic nitrogens is 1. The first-order valence-electron chi connectivity index (χ1n) is 4.10. The fourth-order valence-electron chi connectivity index (χ4n) is 1.37. The lowest BCUT2D eigenvalue weighted by atomic mass is 10.1. The summed E-state index contributed by atoms with van der Waals surface area (Å²) in [6.07, 6.45) is -3.18. The molecule has 0 fully saturated rings. The first-order valence-corrected chi connectivity index (χ1v) is 4.89. The predicted molar refractivity (Wildman–Crippen MR) is 54.4 cm³/mol. The highest BCUT2D eigenvalue weighted by atomic mass is 79.9. The standard InChI is InChI=1S/C10H5BrF3N/c11-6-1-2-9-7(5-6)8(3-4-15-9)10(12,13)14/h1-5H. The van der Waals surface area contributed by atoms with Crippen molar-refractivity contribution in [1.82, 2.24) is 4.98 Å². The molecule has 1 aromatic heterocycles. The van der Waals surface area contributed by atoms with Crippen LogP contribution >= 0.6 is 15.9 Å². The van der Waals surface area contributed by atoms with Gasteiger partial charge in [-0.15, -0.1) is 0 Å². The van der Waals surface area contributed by atoms with E-state index >= 15 is 0 Å². The van der Waals surface area contributed by atoms with E-state index in [1.54, 1.807) is 12.1 Å². The molecule has 0 saturated heterocycles. The largest absolute Gasteiger partial charge is 0.417 e. The number of halogens is 4. The molecule has 0 saturated carbocycles. The van der Waals surface area contributed by atoms with Gasteiger partial charge in [-0.2, -0.15) is 13.2 Å². The van der Waals surface area contributed by atoms with E-state index in [0.717, 1.165) is 6.07 Å². The van der Waals surface area contributed by atoms with Crippen LogP contribution in [0, 0.1) is 0 Å². The Morgan fingerprint density at radius 3 is 2.53 bits per heavy atom.